The Morgan fingerprint density at radius 1 is 0.828 bits per heavy atom. The van der Waals surface area contributed by atoms with E-state index in [2.05, 4.69) is 15.6 Å². The molecule has 0 aliphatic carbocycles. The molecule has 0 spiro atoms. The summed E-state index contributed by atoms with van der Waals surface area (Å²) in [7, 11) is 0. The van der Waals surface area contributed by atoms with E-state index >= 15 is 0 Å². The first-order chi connectivity index (χ1) is 13.7. The lowest BCUT2D eigenvalue weighted by Gasteiger charge is -2.12. The molecule has 0 saturated heterocycles. The number of carbonyl (C=O) groups is 2. The van der Waals surface area contributed by atoms with Crippen molar-refractivity contribution in [2.45, 2.75) is 0 Å². The highest BCUT2D eigenvalue weighted by Gasteiger charge is 2.19. The number of hydrogen-bond acceptors (Lipinski definition) is 3. The van der Waals surface area contributed by atoms with Gasteiger partial charge >= 0.3 is 0 Å². The second-order valence-electron chi connectivity index (χ2n) is 5.71. The van der Waals surface area contributed by atoms with Crippen molar-refractivity contribution in [3.63, 3.8) is 0 Å². The van der Waals surface area contributed by atoms with E-state index in [0.717, 1.165) is 0 Å². The largest absolute Gasteiger partial charge is 0.321 e. The van der Waals surface area contributed by atoms with Crippen LogP contribution in [-0.2, 0) is 0 Å². The molecule has 0 saturated carbocycles. The lowest BCUT2D eigenvalue weighted by atomic mass is 10.1. The molecule has 0 atom stereocenters. The Bertz CT molecular complexity index is 1090. The third kappa shape index (κ3) is 4.85. The van der Waals surface area contributed by atoms with Crippen LogP contribution in [0.3, 0.4) is 0 Å². The normalized spacial score (nSPS) is 10.5. The SMILES string of the molecule is O=C(Nc1ccc(Cl)cc1C(=O)Nc1ccc(Cl)cn1)c1cc(F)c(F)c(F)c1. The fraction of sp³-hybridized carbons (Fsp3) is 0. The predicted octanol–water partition coefficient (Wildman–Crippen LogP) is 5.31. The standard InChI is InChI=1S/C19H10Cl2F3N3O2/c20-10-1-3-15(26-18(28)9-5-13(22)17(24)14(23)6-9)12(7-10)19(29)27-16-4-2-11(21)8-25-16/h1-8H,(H,26,28)(H,25,27,29). The number of rotatable bonds is 4. The maximum absolute atomic E-state index is 13.4. The van der Waals surface area contributed by atoms with E-state index in [4.69, 9.17) is 23.2 Å². The van der Waals surface area contributed by atoms with Crippen molar-refractivity contribution >= 4 is 46.5 Å². The number of amides is 2. The Balaban J connectivity index is 1.87. The highest BCUT2D eigenvalue weighted by Crippen LogP contribution is 2.23. The number of aromatic nitrogens is 1. The zero-order valence-electron chi connectivity index (χ0n) is 14.3. The van der Waals surface area contributed by atoms with Gasteiger partial charge in [0.1, 0.15) is 5.82 Å². The first-order valence-electron chi connectivity index (χ1n) is 7.93. The van der Waals surface area contributed by atoms with Gasteiger partial charge in [-0.3, -0.25) is 9.59 Å². The average molecular weight is 440 g/mol. The minimum absolute atomic E-state index is 0.0102. The number of hydrogen-bond donors (Lipinski definition) is 2. The summed E-state index contributed by atoms with van der Waals surface area (Å²) >= 11 is 11.7. The van der Waals surface area contributed by atoms with E-state index in [9.17, 15) is 22.8 Å². The van der Waals surface area contributed by atoms with Gasteiger partial charge in [-0.15, -0.1) is 0 Å². The number of anilines is 2. The summed E-state index contributed by atoms with van der Waals surface area (Å²) in [5.41, 5.74) is -0.497. The van der Waals surface area contributed by atoms with Crippen molar-refractivity contribution in [1.82, 2.24) is 4.98 Å². The summed E-state index contributed by atoms with van der Waals surface area (Å²) in [6.45, 7) is 0. The molecule has 5 nitrogen and oxygen atoms in total. The highest BCUT2D eigenvalue weighted by atomic mass is 35.5. The van der Waals surface area contributed by atoms with Crippen LogP contribution in [0.1, 0.15) is 20.7 Å². The molecule has 3 rings (SSSR count). The van der Waals surface area contributed by atoms with E-state index in [-0.39, 0.29) is 22.1 Å². The maximum Gasteiger partial charge on any atom is 0.258 e. The summed E-state index contributed by atoms with van der Waals surface area (Å²) in [5.74, 6) is -6.14. The molecule has 3 aromatic rings. The van der Waals surface area contributed by atoms with Gasteiger partial charge in [0.2, 0.25) is 0 Å². The quantitative estimate of drug-likeness (QED) is 0.541. The summed E-state index contributed by atoms with van der Waals surface area (Å²) in [6, 6.07) is 8.09. The van der Waals surface area contributed by atoms with Gasteiger partial charge in [-0.2, -0.15) is 0 Å². The third-order valence-corrected chi connectivity index (χ3v) is 4.15. The number of halogens is 5. The fourth-order valence-corrected chi connectivity index (χ4v) is 2.61. The zero-order chi connectivity index (χ0) is 21.1. The van der Waals surface area contributed by atoms with Crippen LogP contribution in [0.25, 0.3) is 0 Å². The van der Waals surface area contributed by atoms with E-state index in [1.807, 2.05) is 0 Å². The van der Waals surface area contributed by atoms with Crippen LogP contribution in [0.4, 0.5) is 24.7 Å². The van der Waals surface area contributed by atoms with Crippen molar-refractivity contribution < 1.29 is 22.8 Å². The van der Waals surface area contributed by atoms with Crippen LogP contribution in [0.5, 0.6) is 0 Å². The number of benzene rings is 2. The number of nitrogens with zero attached hydrogens (tertiary/aromatic N) is 1. The van der Waals surface area contributed by atoms with Gasteiger partial charge in [0, 0.05) is 16.8 Å². The molecular weight excluding hydrogens is 430 g/mol. The molecular formula is C19H10Cl2F3N3O2. The van der Waals surface area contributed by atoms with Crippen LogP contribution < -0.4 is 10.6 Å². The molecule has 29 heavy (non-hydrogen) atoms. The molecule has 148 valence electrons. The molecule has 10 heteroatoms. The summed E-state index contributed by atoms with van der Waals surface area (Å²) < 4.78 is 39.8. The first kappa shape index (κ1) is 20.6. The van der Waals surface area contributed by atoms with Gasteiger partial charge in [0.05, 0.1) is 16.3 Å². The maximum atomic E-state index is 13.4. The minimum Gasteiger partial charge on any atom is -0.321 e. The van der Waals surface area contributed by atoms with Gasteiger partial charge in [0.15, 0.2) is 17.5 Å². The lowest BCUT2D eigenvalue weighted by Crippen LogP contribution is -2.19. The van der Waals surface area contributed by atoms with Gasteiger partial charge < -0.3 is 10.6 Å². The monoisotopic (exact) mass is 439 g/mol. The molecule has 1 heterocycles. The van der Waals surface area contributed by atoms with Gasteiger partial charge in [-0.25, -0.2) is 18.2 Å². The summed E-state index contributed by atoms with van der Waals surface area (Å²) in [6.07, 6.45) is 1.33. The van der Waals surface area contributed by atoms with E-state index in [1.54, 1.807) is 0 Å². The molecule has 2 amide bonds. The number of carbonyl (C=O) groups excluding carboxylic acids is 2. The molecule has 0 unspecified atom stereocenters. The van der Waals surface area contributed by atoms with Crippen LogP contribution >= 0.6 is 23.2 Å². The van der Waals surface area contributed by atoms with Gasteiger partial charge in [-0.05, 0) is 42.5 Å². The van der Waals surface area contributed by atoms with Crippen molar-refractivity contribution in [1.29, 1.82) is 0 Å². The molecule has 0 aliphatic rings. The second kappa shape index (κ2) is 8.50. The summed E-state index contributed by atoms with van der Waals surface area (Å²) in [4.78, 5) is 28.8. The van der Waals surface area contributed by atoms with Crippen molar-refractivity contribution in [3.8, 4) is 0 Å². The number of nitrogens with one attached hydrogen (secondary N) is 2. The average Bonchev–Trinajstić information content (AvgIpc) is 2.68. The number of pyridine rings is 1. The fourth-order valence-electron chi connectivity index (χ4n) is 2.33. The van der Waals surface area contributed by atoms with Crippen molar-refractivity contribution in [2.24, 2.45) is 0 Å². The Labute approximate surface area is 172 Å². The Kier molecular flexibility index (Phi) is 6.05. The van der Waals surface area contributed by atoms with E-state index in [0.29, 0.717) is 17.2 Å². The first-order valence-corrected chi connectivity index (χ1v) is 8.68. The van der Waals surface area contributed by atoms with Crippen molar-refractivity contribution in [2.75, 3.05) is 10.6 Å². The van der Waals surface area contributed by atoms with Crippen LogP contribution in [-0.4, -0.2) is 16.8 Å². The van der Waals surface area contributed by atoms with Crippen LogP contribution in [0.2, 0.25) is 10.0 Å². The predicted molar refractivity (Wildman–Crippen MR) is 103 cm³/mol. The molecule has 0 aliphatic heterocycles. The lowest BCUT2D eigenvalue weighted by molar-refractivity contribution is 0.102. The highest BCUT2D eigenvalue weighted by molar-refractivity contribution is 6.31. The Morgan fingerprint density at radius 2 is 1.48 bits per heavy atom. The molecule has 0 radical (unpaired) electrons. The van der Waals surface area contributed by atoms with Crippen molar-refractivity contribution in [3.05, 3.63) is 87.3 Å². The molecule has 2 N–H and O–H groups in total. The van der Waals surface area contributed by atoms with Crippen LogP contribution in [0.15, 0.2) is 48.7 Å². The Hall–Kier alpha value is -3.10. The summed E-state index contributed by atoms with van der Waals surface area (Å²) in [5, 5.41) is 5.43. The molecule has 2 aromatic carbocycles. The minimum atomic E-state index is -1.69. The van der Waals surface area contributed by atoms with E-state index < -0.39 is 34.8 Å². The Morgan fingerprint density at radius 3 is 2.10 bits per heavy atom. The van der Waals surface area contributed by atoms with E-state index in [1.165, 1.54) is 36.5 Å². The third-order valence-electron chi connectivity index (χ3n) is 3.69. The van der Waals surface area contributed by atoms with Gasteiger partial charge in [0.25, 0.3) is 11.8 Å². The van der Waals surface area contributed by atoms with Crippen LogP contribution in [0, 0.1) is 17.5 Å². The van der Waals surface area contributed by atoms with Gasteiger partial charge in [-0.1, -0.05) is 23.2 Å². The smallest absolute Gasteiger partial charge is 0.258 e. The molecule has 0 bridgehead atoms. The second-order valence-corrected chi connectivity index (χ2v) is 6.59. The molecule has 0 fully saturated rings. The molecule has 1 aromatic heterocycles. The zero-order valence-corrected chi connectivity index (χ0v) is 15.8. The topological polar surface area (TPSA) is 71.1 Å².